The van der Waals surface area contributed by atoms with E-state index in [9.17, 15) is 4.79 Å². The van der Waals surface area contributed by atoms with E-state index in [0.717, 1.165) is 66.4 Å². The minimum absolute atomic E-state index is 0.0935. The minimum atomic E-state index is -0.0935. The molecule has 11 heteroatoms. The van der Waals surface area contributed by atoms with E-state index in [1.807, 2.05) is 47.5 Å². The maximum Gasteiger partial charge on any atom is 0.321 e. The second-order valence-corrected chi connectivity index (χ2v) is 10.4. The molecule has 2 amide bonds. The predicted octanol–water partition coefficient (Wildman–Crippen LogP) is 5.10. The monoisotopic (exact) mass is 543 g/mol. The van der Waals surface area contributed by atoms with Crippen LogP contribution in [0, 0.1) is 5.92 Å². The average Bonchev–Trinajstić information content (AvgIpc) is 2.95. The van der Waals surface area contributed by atoms with Gasteiger partial charge in [0.25, 0.3) is 0 Å². The second kappa shape index (κ2) is 10.8. The van der Waals surface area contributed by atoms with Crippen molar-refractivity contribution in [3.8, 4) is 0 Å². The highest BCUT2D eigenvalue weighted by Crippen LogP contribution is 2.31. The van der Waals surface area contributed by atoms with E-state index in [-0.39, 0.29) is 11.9 Å². The predicted molar refractivity (Wildman–Crippen MR) is 157 cm³/mol. The summed E-state index contributed by atoms with van der Waals surface area (Å²) in [6, 6.07) is 13.7. The van der Waals surface area contributed by atoms with Crippen LogP contribution in [-0.2, 0) is 6.42 Å². The molecule has 39 heavy (non-hydrogen) atoms. The number of nitrogens with two attached hydrogens (primary N) is 1. The highest BCUT2D eigenvalue weighted by molar-refractivity contribution is 6.32. The quantitative estimate of drug-likeness (QED) is 0.331. The summed E-state index contributed by atoms with van der Waals surface area (Å²) in [6.07, 6.45) is 7.83. The first-order valence-corrected chi connectivity index (χ1v) is 13.5. The molecule has 1 fully saturated rings. The number of nitrogen functional groups attached to an aromatic ring is 1. The molecule has 5 N–H and O–H groups in total. The summed E-state index contributed by atoms with van der Waals surface area (Å²) in [5.41, 5.74) is 11.3. The Morgan fingerprint density at radius 2 is 1.90 bits per heavy atom. The number of nitrogens with one attached hydrogen (secondary N) is 3. The molecule has 3 aromatic rings. The first-order valence-electron chi connectivity index (χ1n) is 13.1. The first kappa shape index (κ1) is 25.0. The van der Waals surface area contributed by atoms with Gasteiger partial charge in [0.15, 0.2) is 5.82 Å². The number of rotatable bonds is 2. The number of carbonyl (C=O) groups is 1. The van der Waals surface area contributed by atoms with Gasteiger partial charge in [-0.25, -0.2) is 9.78 Å². The van der Waals surface area contributed by atoms with Gasteiger partial charge in [0.2, 0.25) is 5.95 Å². The van der Waals surface area contributed by atoms with Gasteiger partial charge in [-0.3, -0.25) is 4.99 Å². The molecule has 1 unspecified atom stereocenters. The fraction of sp³-hybridized carbons (Fsp3) is 0.286. The number of piperazine rings is 1. The van der Waals surface area contributed by atoms with Crippen molar-refractivity contribution < 1.29 is 4.79 Å². The normalized spacial score (nSPS) is 18.5. The molecular formula is C28H30ClN9O. The smallest absolute Gasteiger partial charge is 0.321 e. The van der Waals surface area contributed by atoms with Crippen LogP contribution < -0.4 is 26.6 Å². The highest BCUT2D eigenvalue weighted by atomic mass is 35.5. The van der Waals surface area contributed by atoms with Gasteiger partial charge in [0.1, 0.15) is 5.02 Å². The van der Waals surface area contributed by atoms with Crippen LogP contribution in [0.25, 0.3) is 0 Å². The van der Waals surface area contributed by atoms with E-state index in [4.69, 9.17) is 17.3 Å². The molecule has 0 aliphatic carbocycles. The van der Waals surface area contributed by atoms with Crippen molar-refractivity contribution in [3.05, 3.63) is 71.1 Å². The number of amides is 2. The number of fused-ring (bicyclic) bond motifs is 6. The number of nitrogens with zero attached hydrogens (tertiary/aromatic N) is 5. The van der Waals surface area contributed by atoms with Crippen molar-refractivity contribution in [2.24, 2.45) is 10.9 Å². The molecule has 1 aromatic heterocycles. The molecule has 3 aliphatic heterocycles. The lowest BCUT2D eigenvalue weighted by Crippen LogP contribution is -2.50. The van der Waals surface area contributed by atoms with Gasteiger partial charge < -0.3 is 31.5 Å². The molecule has 1 saturated heterocycles. The molecule has 1 atom stereocenters. The number of halogens is 1. The van der Waals surface area contributed by atoms with Crippen molar-refractivity contribution in [1.29, 1.82) is 0 Å². The lowest BCUT2D eigenvalue weighted by molar-refractivity contribution is 0.208. The number of carbonyl (C=O) groups excluding carboxylic acids is 1. The van der Waals surface area contributed by atoms with Gasteiger partial charge >= 0.3 is 6.03 Å². The SMILES string of the molecule is Nc1ccc(N2CCN(C(=O)Nc3ccc4cc3CCC3C=NC=C(C3)Nc3ncc(Cl)c(n3)N4)CC2)cc1. The Morgan fingerprint density at radius 1 is 1.08 bits per heavy atom. The van der Waals surface area contributed by atoms with E-state index in [1.165, 1.54) is 0 Å². The lowest BCUT2D eigenvalue weighted by Gasteiger charge is -2.36. The maximum atomic E-state index is 13.3. The van der Waals surface area contributed by atoms with E-state index >= 15 is 0 Å². The van der Waals surface area contributed by atoms with Crippen LogP contribution >= 0.6 is 11.6 Å². The zero-order valence-electron chi connectivity index (χ0n) is 21.4. The van der Waals surface area contributed by atoms with E-state index in [1.54, 1.807) is 12.4 Å². The van der Waals surface area contributed by atoms with E-state index in [0.29, 0.717) is 29.9 Å². The van der Waals surface area contributed by atoms with Gasteiger partial charge in [-0.15, -0.1) is 0 Å². The molecule has 2 aromatic carbocycles. The van der Waals surface area contributed by atoms with Crippen LogP contribution in [0.3, 0.4) is 0 Å². The molecule has 6 bridgehead atoms. The van der Waals surface area contributed by atoms with Gasteiger partial charge in [0.05, 0.1) is 6.20 Å². The van der Waals surface area contributed by atoms with Crippen molar-refractivity contribution in [3.63, 3.8) is 0 Å². The van der Waals surface area contributed by atoms with Crippen molar-refractivity contribution in [2.75, 3.05) is 52.8 Å². The van der Waals surface area contributed by atoms with Crippen molar-refractivity contribution >= 4 is 58.4 Å². The van der Waals surface area contributed by atoms with E-state index < -0.39 is 0 Å². The summed E-state index contributed by atoms with van der Waals surface area (Å²) in [4.78, 5) is 30.7. The average molecular weight is 544 g/mol. The van der Waals surface area contributed by atoms with Crippen LogP contribution in [0.15, 0.2) is 65.6 Å². The number of anilines is 6. The Labute approximate surface area is 232 Å². The zero-order valence-corrected chi connectivity index (χ0v) is 22.2. The Morgan fingerprint density at radius 3 is 2.72 bits per heavy atom. The van der Waals surface area contributed by atoms with Gasteiger partial charge in [0, 0.05) is 73.0 Å². The number of allylic oxidation sites excluding steroid dienone is 1. The number of aliphatic imine (C=N–C) groups is 1. The third kappa shape index (κ3) is 5.75. The fourth-order valence-electron chi connectivity index (χ4n) is 5.09. The fourth-order valence-corrected chi connectivity index (χ4v) is 5.22. The summed E-state index contributed by atoms with van der Waals surface area (Å²) in [6.45, 7) is 2.81. The van der Waals surface area contributed by atoms with Crippen LogP contribution in [0.4, 0.5) is 39.3 Å². The molecule has 0 spiro atoms. The van der Waals surface area contributed by atoms with Crippen LogP contribution in [0.1, 0.15) is 18.4 Å². The summed E-state index contributed by atoms with van der Waals surface area (Å²) in [7, 11) is 0. The largest absolute Gasteiger partial charge is 0.399 e. The Hall–Kier alpha value is -4.31. The van der Waals surface area contributed by atoms with Gasteiger partial charge in [-0.1, -0.05) is 11.6 Å². The summed E-state index contributed by atoms with van der Waals surface area (Å²) < 4.78 is 0. The molecule has 10 nitrogen and oxygen atoms in total. The minimum Gasteiger partial charge on any atom is -0.399 e. The van der Waals surface area contributed by atoms with E-state index in [2.05, 4.69) is 41.9 Å². The summed E-state index contributed by atoms with van der Waals surface area (Å²) in [5, 5.41) is 10.2. The summed E-state index contributed by atoms with van der Waals surface area (Å²) >= 11 is 6.39. The number of benzene rings is 2. The maximum absolute atomic E-state index is 13.3. The number of hydrogen-bond donors (Lipinski definition) is 4. The van der Waals surface area contributed by atoms with Crippen molar-refractivity contribution in [2.45, 2.75) is 19.3 Å². The zero-order chi connectivity index (χ0) is 26.8. The number of aryl methyl sites for hydroxylation is 1. The number of aromatic nitrogens is 2. The van der Waals surface area contributed by atoms with Crippen LogP contribution in [0.2, 0.25) is 5.02 Å². The Bertz CT molecular complexity index is 1430. The molecule has 0 saturated carbocycles. The Balaban J connectivity index is 1.19. The molecule has 0 radical (unpaired) electrons. The Kier molecular flexibility index (Phi) is 6.93. The molecule has 3 aliphatic rings. The second-order valence-electron chi connectivity index (χ2n) is 9.96. The number of hydrogen-bond acceptors (Lipinski definition) is 8. The molecule has 6 rings (SSSR count). The standard InChI is InChI=1S/C28H30ClN9O/c29-24-17-32-27-34-22-13-18(15-31-16-22)1-2-19-14-21(33-26(24)36-27)5-8-25(19)35-28(39)38-11-9-37(10-12-38)23-6-3-20(30)4-7-23/h3-8,14-18H,1-2,9-13,30H2,(H,35,39)(H2,32,33,34,36). The van der Waals surface area contributed by atoms with Crippen LogP contribution in [0.5, 0.6) is 0 Å². The van der Waals surface area contributed by atoms with Crippen LogP contribution in [-0.4, -0.2) is 53.3 Å². The highest BCUT2D eigenvalue weighted by Gasteiger charge is 2.23. The third-order valence-electron chi connectivity index (χ3n) is 7.24. The number of urea groups is 1. The molecular weight excluding hydrogens is 514 g/mol. The van der Waals surface area contributed by atoms with Crippen molar-refractivity contribution in [1.82, 2.24) is 14.9 Å². The first-order chi connectivity index (χ1) is 19.0. The van der Waals surface area contributed by atoms with Gasteiger partial charge in [-0.05, 0) is 67.3 Å². The third-order valence-corrected chi connectivity index (χ3v) is 7.52. The topological polar surface area (TPSA) is 124 Å². The molecule has 200 valence electrons. The lowest BCUT2D eigenvalue weighted by atomic mass is 9.94. The molecule has 4 heterocycles. The van der Waals surface area contributed by atoms with Gasteiger partial charge in [-0.2, -0.15) is 4.98 Å². The summed E-state index contributed by atoms with van der Waals surface area (Å²) in [5.74, 6) is 1.22.